The summed E-state index contributed by atoms with van der Waals surface area (Å²) >= 11 is 3.49. The molecule has 0 spiro atoms. The number of benzene rings is 1. The van der Waals surface area contributed by atoms with E-state index in [0.29, 0.717) is 0 Å². The van der Waals surface area contributed by atoms with E-state index < -0.39 is 0 Å². The van der Waals surface area contributed by atoms with Crippen LogP contribution in [0.15, 0.2) is 22.7 Å². The predicted molar refractivity (Wildman–Crippen MR) is 82.7 cm³/mol. The van der Waals surface area contributed by atoms with Gasteiger partial charge in [-0.25, -0.2) is 0 Å². The smallest absolute Gasteiger partial charge is 0.133 e. The lowest BCUT2D eigenvalue weighted by atomic mass is 10.2. The molecule has 0 unspecified atom stereocenters. The summed E-state index contributed by atoms with van der Waals surface area (Å²) in [5.41, 5.74) is 1.25. The topological polar surface area (TPSA) is 30.5 Å². The highest BCUT2D eigenvalue weighted by Crippen LogP contribution is 2.25. The van der Waals surface area contributed by atoms with Crippen LogP contribution in [0.3, 0.4) is 0 Å². The summed E-state index contributed by atoms with van der Waals surface area (Å²) in [6.07, 6.45) is 3.42. The first-order valence-electron chi connectivity index (χ1n) is 6.88. The average molecular weight is 330 g/mol. The number of nitrogens with one attached hydrogen (secondary N) is 1. The van der Waals surface area contributed by atoms with Gasteiger partial charge in [0.25, 0.3) is 0 Å². The Kier molecular flexibility index (Phi) is 8.88. The molecule has 0 aliphatic carbocycles. The van der Waals surface area contributed by atoms with Gasteiger partial charge in [0.1, 0.15) is 5.75 Å². The first kappa shape index (κ1) is 16.5. The van der Waals surface area contributed by atoms with Crippen molar-refractivity contribution >= 4 is 15.9 Å². The maximum atomic E-state index is 5.51. The predicted octanol–water partition coefficient (Wildman–Crippen LogP) is 3.75. The molecule has 0 saturated heterocycles. The monoisotopic (exact) mass is 329 g/mol. The number of hydrogen-bond donors (Lipinski definition) is 1. The molecule has 19 heavy (non-hydrogen) atoms. The van der Waals surface area contributed by atoms with Gasteiger partial charge >= 0.3 is 0 Å². The Morgan fingerprint density at radius 1 is 1.21 bits per heavy atom. The molecule has 3 nitrogen and oxygen atoms in total. The van der Waals surface area contributed by atoms with Crippen molar-refractivity contribution in [1.82, 2.24) is 5.32 Å². The third-order valence-electron chi connectivity index (χ3n) is 2.83. The standard InChI is InChI=1S/C15H24BrNO2/c1-3-4-9-19-10-5-8-17-12-13-6-7-15(18-2)14(16)11-13/h6-7,11,17H,3-5,8-10,12H2,1-2H3. The van der Waals surface area contributed by atoms with E-state index in [1.54, 1.807) is 7.11 Å². The molecule has 0 saturated carbocycles. The molecule has 4 heteroatoms. The summed E-state index contributed by atoms with van der Waals surface area (Å²) in [7, 11) is 1.68. The Bertz CT molecular complexity index is 358. The molecule has 1 rings (SSSR count). The summed E-state index contributed by atoms with van der Waals surface area (Å²) in [4.78, 5) is 0. The highest BCUT2D eigenvalue weighted by atomic mass is 79.9. The summed E-state index contributed by atoms with van der Waals surface area (Å²) in [5.74, 6) is 0.869. The van der Waals surface area contributed by atoms with Gasteiger partial charge in [-0.15, -0.1) is 0 Å². The molecule has 0 radical (unpaired) electrons. The van der Waals surface area contributed by atoms with Crippen LogP contribution in [0, 0.1) is 0 Å². The van der Waals surface area contributed by atoms with Crippen molar-refractivity contribution in [3.05, 3.63) is 28.2 Å². The fourth-order valence-electron chi connectivity index (χ4n) is 1.70. The van der Waals surface area contributed by atoms with Crippen LogP contribution < -0.4 is 10.1 Å². The molecule has 0 atom stereocenters. The zero-order chi connectivity index (χ0) is 13.9. The molecule has 0 aliphatic rings. The average Bonchev–Trinajstić information content (AvgIpc) is 2.42. The van der Waals surface area contributed by atoms with Crippen molar-refractivity contribution in [2.75, 3.05) is 26.9 Å². The SMILES string of the molecule is CCCCOCCCNCc1ccc(OC)c(Br)c1. The fourth-order valence-corrected chi connectivity index (χ4v) is 2.29. The van der Waals surface area contributed by atoms with E-state index >= 15 is 0 Å². The van der Waals surface area contributed by atoms with Gasteiger partial charge in [-0.05, 0) is 53.0 Å². The second-order valence-corrected chi connectivity index (χ2v) is 5.32. The van der Waals surface area contributed by atoms with Crippen LogP contribution in [0.4, 0.5) is 0 Å². The summed E-state index contributed by atoms with van der Waals surface area (Å²) in [6.45, 7) is 5.77. The molecular weight excluding hydrogens is 306 g/mol. The first-order valence-corrected chi connectivity index (χ1v) is 7.68. The molecule has 0 heterocycles. The first-order chi connectivity index (χ1) is 9.27. The van der Waals surface area contributed by atoms with Gasteiger partial charge in [0.15, 0.2) is 0 Å². The summed E-state index contributed by atoms with van der Waals surface area (Å²) < 4.78 is 11.7. The van der Waals surface area contributed by atoms with Crippen molar-refractivity contribution in [3.63, 3.8) is 0 Å². The molecule has 0 aromatic heterocycles. The van der Waals surface area contributed by atoms with Crippen molar-refractivity contribution in [2.45, 2.75) is 32.7 Å². The molecule has 1 aromatic rings. The van der Waals surface area contributed by atoms with Gasteiger partial charge in [0.2, 0.25) is 0 Å². The minimum absolute atomic E-state index is 0.847. The molecule has 0 aliphatic heterocycles. The van der Waals surface area contributed by atoms with Gasteiger partial charge in [0.05, 0.1) is 11.6 Å². The highest BCUT2D eigenvalue weighted by molar-refractivity contribution is 9.10. The number of hydrogen-bond acceptors (Lipinski definition) is 3. The van der Waals surface area contributed by atoms with E-state index in [2.05, 4.69) is 40.3 Å². The Morgan fingerprint density at radius 2 is 2.00 bits per heavy atom. The normalized spacial score (nSPS) is 10.7. The zero-order valence-corrected chi connectivity index (χ0v) is 13.5. The summed E-state index contributed by atoms with van der Waals surface area (Å²) in [6, 6.07) is 6.15. The van der Waals surface area contributed by atoms with E-state index in [9.17, 15) is 0 Å². The largest absolute Gasteiger partial charge is 0.496 e. The van der Waals surface area contributed by atoms with Gasteiger partial charge in [-0.3, -0.25) is 0 Å². The van der Waals surface area contributed by atoms with Crippen LogP contribution in [0.1, 0.15) is 31.7 Å². The number of ether oxygens (including phenoxy) is 2. The molecule has 1 N–H and O–H groups in total. The Balaban J connectivity index is 2.11. The lowest BCUT2D eigenvalue weighted by Gasteiger charge is -2.08. The van der Waals surface area contributed by atoms with Gasteiger partial charge in [0, 0.05) is 19.8 Å². The molecule has 0 fully saturated rings. The van der Waals surface area contributed by atoms with E-state index in [4.69, 9.17) is 9.47 Å². The molecule has 0 amide bonds. The number of halogens is 1. The van der Waals surface area contributed by atoms with Gasteiger partial charge in [-0.1, -0.05) is 19.4 Å². The van der Waals surface area contributed by atoms with E-state index in [-0.39, 0.29) is 0 Å². The second kappa shape index (κ2) is 10.2. The van der Waals surface area contributed by atoms with Crippen LogP contribution in [0.5, 0.6) is 5.75 Å². The van der Waals surface area contributed by atoms with Crippen molar-refractivity contribution in [1.29, 1.82) is 0 Å². The molecular formula is C15H24BrNO2. The molecule has 108 valence electrons. The van der Waals surface area contributed by atoms with E-state index in [0.717, 1.165) is 49.4 Å². The summed E-state index contributed by atoms with van der Waals surface area (Å²) in [5, 5.41) is 3.42. The minimum Gasteiger partial charge on any atom is -0.496 e. The van der Waals surface area contributed by atoms with Crippen LogP contribution in [-0.2, 0) is 11.3 Å². The van der Waals surface area contributed by atoms with Crippen molar-refractivity contribution < 1.29 is 9.47 Å². The number of methoxy groups -OCH3 is 1. The third kappa shape index (κ3) is 6.95. The van der Waals surface area contributed by atoms with Crippen LogP contribution in [0.2, 0.25) is 0 Å². The van der Waals surface area contributed by atoms with E-state index in [1.165, 1.54) is 12.0 Å². The maximum absolute atomic E-state index is 5.51. The lowest BCUT2D eigenvalue weighted by molar-refractivity contribution is 0.129. The lowest BCUT2D eigenvalue weighted by Crippen LogP contribution is -2.16. The van der Waals surface area contributed by atoms with Crippen LogP contribution in [-0.4, -0.2) is 26.9 Å². The quantitative estimate of drug-likeness (QED) is 0.663. The fraction of sp³-hybridized carbons (Fsp3) is 0.600. The maximum Gasteiger partial charge on any atom is 0.133 e. The second-order valence-electron chi connectivity index (χ2n) is 4.47. The number of unbranched alkanes of at least 4 members (excludes halogenated alkanes) is 1. The van der Waals surface area contributed by atoms with E-state index in [1.807, 2.05) is 6.07 Å². The van der Waals surface area contributed by atoms with Crippen molar-refractivity contribution in [3.8, 4) is 5.75 Å². The number of rotatable bonds is 10. The van der Waals surface area contributed by atoms with Gasteiger partial charge < -0.3 is 14.8 Å². The Morgan fingerprint density at radius 3 is 2.68 bits per heavy atom. The third-order valence-corrected chi connectivity index (χ3v) is 3.45. The van der Waals surface area contributed by atoms with Gasteiger partial charge in [-0.2, -0.15) is 0 Å². The zero-order valence-electron chi connectivity index (χ0n) is 11.9. The molecule has 1 aromatic carbocycles. The van der Waals surface area contributed by atoms with Crippen molar-refractivity contribution in [2.24, 2.45) is 0 Å². The minimum atomic E-state index is 0.847. The molecule has 0 bridgehead atoms. The highest BCUT2D eigenvalue weighted by Gasteiger charge is 2.00. The van der Waals surface area contributed by atoms with Crippen LogP contribution >= 0.6 is 15.9 Å². The van der Waals surface area contributed by atoms with Crippen LogP contribution in [0.25, 0.3) is 0 Å². The Labute approximate surface area is 124 Å². The Hall–Kier alpha value is -0.580.